The van der Waals surface area contributed by atoms with Gasteiger partial charge in [0.05, 0.1) is 0 Å². The SMILES string of the molecule is c1ccc2cc(-c3n[se]nc3-c3ccc4c(c3)OCO4)ccc2c1. The molecule has 4 aromatic rings. The second-order valence-corrected chi connectivity index (χ2v) is 6.70. The van der Waals surface area contributed by atoms with Crippen molar-refractivity contribution in [3.63, 3.8) is 0 Å². The summed E-state index contributed by atoms with van der Waals surface area (Å²) in [4.78, 5) is 0. The van der Waals surface area contributed by atoms with Gasteiger partial charge < -0.3 is 0 Å². The number of benzene rings is 3. The molecule has 0 radical (unpaired) electrons. The van der Waals surface area contributed by atoms with Crippen LogP contribution in [-0.4, -0.2) is 29.7 Å². The van der Waals surface area contributed by atoms with Crippen molar-refractivity contribution >= 4 is 25.7 Å². The van der Waals surface area contributed by atoms with Crippen LogP contribution in [0.5, 0.6) is 11.5 Å². The average Bonchev–Trinajstić information content (AvgIpc) is 3.29. The summed E-state index contributed by atoms with van der Waals surface area (Å²) >= 11 is -0.104. The van der Waals surface area contributed by atoms with Crippen molar-refractivity contribution in [3.8, 4) is 34.0 Å². The van der Waals surface area contributed by atoms with Crippen LogP contribution >= 0.6 is 0 Å². The maximum absolute atomic E-state index is 5.49. The van der Waals surface area contributed by atoms with E-state index in [1.165, 1.54) is 10.8 Å². The third kappa shape index (κ3) is 2.21. The molecule has 0 N–H and O–H groups in total. The molecule has 0 amide bonds. The van der Waals surface area contributed by atoms with Crippen LogP contribution in [0.1, 0.15) is 0 Å². The van der Waals surface area contributed by atoms with Crippen molar-refractivity contribution < 1.29 is 9.47 Å². The first-order chi connectivity index (χ1) is 11.9. The Balaban J connectivity index is 1.64. The zero-order valence-corrected chi connectivity index (χ0v) is 14.3. The van der Waals surface area contributed by atoms with Crippen molar-refractivity contribution in [1.29, 1.82) is 0 Å². The van der Waals surface area contributed by atoms with E-state index in [-0.39, 0.29) is 21.8 Å². The van der Waals surface area contributed by atoms with Crippen LogP contribution in [0.2, 0.25) is 0 Å². The van der Waals surface area contributed by atoms with Crippen LogP contribution in [0.3, 0.4) is 0 Å². The van der Waals surface area contributed by atoms with Crippen molar-refractivity contribution in [3.05, 3.63) is 60.7 Å². The minimum atomic E-state index is -0.104. The van der Waals surface area contributed by atoms with E-state index in [4.69, 9.17) is 9.47 Å². The van der Waals surface area contributed by atoms with E-state index < -0.39 is 0 Å². The molecule has 0 bridgehead atoms. The molecule has 116 valence electrons. The fourth-order valence-corrected chi connectivity index (χ4v) is 4.18. The van der Waals surface area contributed by atoms with Crippen molar-refractivity contribution in [2.75, 3.05) is 6.79 Å². The van der Waals surface area contributed by atoms with Crippen molar-refractivity contribution in [2.45, 2.75) is 0 Å². The van der Waals surface area contributed by atoms with Gasteiger partial charge in [-0.15, -0.1) is 0 Å². The van der Waals surface area contributed by atoms with E-state index in [0.29, 0.717) is 0 Å². The van der Waals surface area contributed by atoms with Gasteiger partial charge in [-0.3, -0.25) is 0 Å². The summed E-state index contributed by atoms with van der Waals surface area (Å²) in [6.07, 6.45) is 0. The third-order valence-electron chi connectivity index (χ3n) is 4.16. The molecule has 2 heterocycles. The van der Waals surface area contributed by atoms with Crippen LogP contribution < -0.4 is 9.47 Å². The van der Waals surface area contributed by atoms with E-state index in [9.17, 15) is 0 Å². The molecule has 0 atom stereocenters. The number of nitrogens with zero attached hydrogens (tertiary/aromatic N) is 2. The Labute approximate surface area is 144 Å². The van der Waals surface area contributed by atoms with Gasteiger partial charge in [-0.25, -0.2) is 0 Å². The van der Waals surface area contributed by atoms with Gasteiger partial charge in [-0.1, -0.05) is 0 Å². The molecule has 5 rings (SSSR count). The quantitative estimate of drug-likeness (QED) is 0.498. The first-order valence-electron chi connectivity index (χ1n) is 7.60. The summed E-state index contributed by atoms with van der Waals surface area (Å²) in [6, 6.07) is 20.7. The molecule has 1 aromatic heterocycles. The Kier molecular flexibility index (Phi) is 3.15. The molecule has 0 aliphatic carbocycles. The topological polar surface area (TPSA) is 44.2 Å². The number of ether oxygens (including phenoxy) is 2. The van der Waals surface area contributed by atoms with E-state index >= 15 is 0 Å². The summed E-state index contributed by atoms with van der Waals surface area (Å²) in [7, 11) is 0. The summed E-state index contributed by atoms with van der Waals surface area (Å²) in [5.41, 5.74) is 4.01. The van der Waals surface area contributed by atoms with Crippen LogP contribution in [0.15, 0.2) is 60.7 Å². The van der Waals surface area contributed by atoms with Gasteiger partial charge in [0.1, 0.15) is 0 Å². The molecule has 0 saturated carbocycles. The van der Waals surface area contributed by atoms with Gasteiger partial charge in [0.15, 0.2) is 0 Å². The fraction of sp³-hybridized carbons (Fsp3) is 0.0526. The Morgan fingerprint density at radius 3 is 2.29 bits per heavy atom. The number of rotatable bonds is 2. The molecule has 3 aromatic carbocycles. The summed E-state index contributed by atoms with van der Waals surface area (Å²) < 4.78 is 20.2. The van der Waals surface area contributed by atoms with Crippen LogP contribution in [0.4, 0.5) is 0 Å². The van der Waals surface area contributed by atoms with Gasteiger partial charge in [0.25, 0.3) is 0 Å². The van der Waals surface area contributed by atoms with Crippen LogP contribution in [0, 0.1) is 0 Å². The normalized spacial score (nSPS) is 12.7. The van der Waals surface area contributed by atoms with Gasteiger partial charge in [-0.2, -0.15) is 0 Å². The van der Waals surface area contributed by atoms with E-state index in [1.54, 1.807) is 0 Å². The molecule has 1 aliphatic rings. The molecule has 4 nitrogen and oxygen atoms in total. The number of fused-ring (bicyclic) bond motifs is 2. The summed E-state index contributed by atoms with van der Waals surface area (Å²) in [6.45, 7) is 0.279. The van der Waals surface area contributed by atoms with Crippen LogP contribution in [-0.2, 0) is 0 Å². The maximum atomic E-state index is 5.49. The standard InChI is InChI=1S/C19H12N2O2Se/c1-2-4-13-9-14(6-5-12(13)3-1)18-19(21-24-20-18)15-7-8-16-17(10-15)23-11-22-16/h1-10H,11H2. The van der Waals surface area contributed by atoms with Gasteiger partial charge in [0, 0.05) is 0 Å². The van der Waals surface area contributed by atoms with Gasteiger partial charge in [0.2, 0.25) is 0 Å². The van der Waals surface area contributed by atoms with E-state index in [1.807, 2.05) is 18.2 Å². The number of aromatic nitrogens is 2. The third-order valence-corrected chi connectivity index (χ3v) is 5.27. The molecule has 1 aliphatic heterocycles. The Morgan fingerprint density at radius 2 is 1.42 bits per heavy atom. The molecule has 0 spiro atoms. The molecular weight excluding hydrogens is 367 g/mol. The zero-order chi connectivity index (χ0) is 15.9. The monoisotopic (exact) mass is 380 g/mol. The second kappa shape index (κ2) is 5.48. The first-order valence-corrected chi connectivity index (χ1v) is 9.13. The van der Waals surface area contributed by atoms with Gasteiger partial charge >= 0.3 is 145 Å². The van der Waals surface area contributed by atoms with Crippen molar-refractivity contribution in [2.24, 2.45) is 0 Å². The predicted octanol–water partition coefficient (Wildman–Crippen LogP) is 3.75. The fourth-order valence-electron chi connectivity index (χ4n) is 2.95. The summed E-state index contributed by atoms with van der Waals surface area (Å²) in [5.74, 6) is 1.56. The predicted molar refractivity (Wildman–Crippen MR) is 93.5 cm³/mol. The first kappa shape index (κ1) is 13.8. The molecule has 0 saturated heterocycles. The molecule has 0 unspecified atom stereocenters. The van der Waals surface area contributed by atoms with Crippen molar-refractivity contribution in [1.82, 2.24) is 7.96 Å². The Hall–Kier alpha value is -2.62. The number of hydrogen-bond acceptors (Lipinski definition) is 4. The zero-order valence-electron chi connectivity index (χ0n) is 12.6. The Bertz CT molecular complexity index is 1060. The molecular formula is C19H12N2O2Se. The second-order valence-electron chi connectivity index (χ2n) is 5.59. The molecule has 0 fully saturated rings. The average molecular weight is 379 g/mol. The summed E-state index contributed by atoms with van der Waals surface area (Å²) in [5, 5.41) is 2.44. The van der Waals surface area contributed by atoms with E-state index in [2.05, 4.69) is 50.4 Å². The van der Waals surface area contributed by atoms with Gasteiger partial charge in [-0.05, 0) is 0 Å². The minimum absolute atomic E-state index is 0.104. The van der Waals surface area contributed by atoms with Crippen LogP contribution in [0.25, 0.3) is 33.3 Å². The molecule has 24 heavy (non-hydrogen) atoms. The number of hydrogen-bond donors (Lipinski definition) is 0. The van der Waals surface area contributed by atoms with E-state index in [0.717, 1.165) is 34.0 Å². The Morgan fingerprint density at radius 1 is 0.708 bits per heavy atom. The molecule has 5 heteroatoms.